The average Bonchev–Trinajstić information content (AvgIpc) is 2.98. The van der Waals surface area contributed by atoms with Gasteiger partial charge < -0.3 is 4.74 Å². The van der Waals surface area contributed by atoms with Crippen molar-refractivity contribution in [2.24, 2.45) is 5.92 Å². The van der Waals surface area contributed by atoms with E-state index in [-0.39, 0.29) is 5.41 Å². The molecule has 4 rings (SSSR count). The molecule has 1 aliphatic carbocycles. The van der Waals surface area contributed by atoms with E-state index < -0.39 is 0 Å². The Balaban J connectivity index is 1.87. The van der Waals surface area contributed by atoms with Crippen molar-refractivity contribution < 1.29 is 4.74 Å². The summed E-state index contributed by atoms with van der Waals surface area (Å²) in [6, 6.07) is 21.9. The van der Waals surface area contributed by atoms with Crippen LogP contribution in [0.15, 0.2) is 60.7 Å². The Morgan fingerprint density at radius 3 is 2.05 bits per heavy atom. The van der Waals surface area contributed by atoms with E-state index in [1.54, 1.807) is 0 Å². The maximum absolute atomic E-state index is 6.35. The van der Waals surface area contributed by atoms with Crippen LogP contribution in [0.4, 0.5) is 0 Å². The predicted molar refractivity (Wildman–Crippen MR) is 93.5 cm³/mol. The van der Waals surface area contributed by atoms with Gasteiger partial charge in [0.15, 0.2) is 0 Å². The normalized spacial score (nSPS) is 30.0. The highest BCUT2D eigenvalue weighted by atomic mass is 79.9. The second-order valence-electron chi connectivity index (χ2n) is 6.53. The van der Waals surface area contributed by atoms with Gasteiger partial charge in [0.2, 0.25) is 0 Å². The summed E-state index contributed by atoms with van der Waals surface area (Å²) < 4.78 is 6.35. The molecule has 1 saturated carbocycles. The fraction of sp³-hybridized carbons (Fsp3) is 0.400. The summed E-state index contributed by atoms with van der Waals surface area (Å²) in [6.07, 6.45) is 4.08. The van der Waals surface area contributed by atoms with E-state index in [0.29, 0.717) is 16.8 Å². The van der Waals surface area contributed by atoms with Crippen LogP contribution in [0.25, 0.3) is 0 Å². The molecule has 1 saturated heterocycles. The Kier molecular flexibility index (Phi) is 3.83. The summed E-state index contributed by atoms with van der Waals surface area (Å²) in [6.45, 7) is 0.790. The molecule has 0 amide bonds. The first-order valence-electron chi connectivity index (χ1n) is 8.19. The van der Waals surface area contributed by atoms with Gasteiger partial charge in [-0.05, 0) is 24.0 Å². The SMILES string of the molecule is Br[C@@H]1CCC[C@@H]2[C@H]1OCC2(c1ccccc1)c1ccccc1. The number of rotatable bonds is 2. The number of alkyl halides is 1. The Morgan fingerprint density at radius 2 is 1.45 bits per heavy atom. The van der Waals surface area contributed by atoms with Crippen LogP contribution in [0.5, 0.6) is 0 Å². The molecule has 0 aromatic heterocycles. The number of benzene rings is 2. The fourth-order valence-electron chi connectivity index (χ4n) is 4.43. The molecule has 3 atom stereocenters. The molecule has 0 unspecified atom stereocenters. The highest BCUT2D eigenvalue weighted by molar-refractivity contribution is 9.09. The summed E-state index contributed by atoms with van der Waals surface area (Å²) >= 11 is 3.87. The molecule has 1 nitrogen and oxygen atoms in total. The molecule has 22 heavy (non-hydrogen) atoms. The quantitative estimate of drug-likeness (QED) is 0.692. The van der Waals surface area contributed by atoms with Gasteiger partial charge in [-0.2, -0.15) is 0 Å². The zero-order valence-corrected chi connectivity index (χ0v) is 14.2. The van der Waals surface area contributed by atoms with Crippen LogP contribution < -0.4 is 0 Å². The minimum absolute atomic E-state index is 0.000370. The van der Waals surface area contributed by atoms with Gasteiger partial charge in [0.25, 0.3) is 0 Å². The van der Waals surface area contributed by atoms with Crippen molar-refractivity contribution in [2.45, 2.75) is 35.6 Å². The Morgan fingerprint density at radius 1 is 0.864 bits per heavy atom. The molecule has 114 valence electrons. The maximum atomic E-state index is 6.35. The lowest BCUT2D eigenvalue weighted by molar-refractivity contribution is 0.0733. The maximum Gasteiger partial charge on any atom is 0.0741 e. The average molecular weight is 357 g/mol. The van der Waals surface area contributed by atoms with E-state index in [1.807, 2.05) is 0 Å². The van der Waals surface area contributed by atoms with Gasteiger partial charge in [0.1, 0.15) is 0 Å². The highest BCUT2D eigenvalue weighted by Crippen LogP contribution is 2.52. The summed E-state index contributed by atoms with van der Waals surface area (Å²) in [5.74, 6) is 0.551. The standard InChI is InChI=1S/C20H21BrO/c21-18-13-7-12-17-19(18)22-14-20(17,15-8-3-1-4-9-15)16-10-5-2-6-11-16/h1-6,8-11,17-19H,7,12-14H2/t17-,18-,19-/m1/s1. The molecule has 2 fully saturated rings. The summed E-state index contributed by atoms with van der Waals surface area (Å²) in [5, 5.41) is 0. The smallest absolute Gasteiger partial charge is 0.0741 e. The van der Waals surface area contributed by atoms with E-state index in [2.05, 4.69) is 76.6 Å². The molecule has 2 aromatic carbocycles. The third kappa shape index (κ3) is 2.16. The van der Waals surface area contributed by atoms with E-state index >= 15 is 0 Å². The number of hydrogen-bond donors (Lipinski definition) is 0. The predicted octanol–water partition coefficient (Wildman–Crippen LogP) is 4.94. The van der Waals surface area contributed by atoms with Gasteiger partial charge in [0, 0.05) is 16.2 Å². The van der Waals surface area contributed by atoms with Crippen LogP contribution in [0.2, 0.25) is 0 Å². The fourth-order valence-corrected chi connectivity index (χ4v) is 5.27. The Bertz CT molecular complexity index is 585. The van der Waals surface area contributed by atoms with Gasteiger partial charge in [-0.3, -0.25) is 0 Å². The third-order valence-electron chi connectivity index (χ3n) is 5.46. The summed E-state index contributed by atoms with van der Waals surface area (Å²) in [5.41, 5.74) is 2.80. The molecule has 1 heterocycles. The zero-order chi connectivity index (χ0) is 15.0. The van der Waals surface area contributed by atoms with Gasteiger partial charge >= 0.3 is 0 Å². The van der Waals surface area contributed by atoms with Crippen LogP contribution in [0.3, 0.4) is 0 Å². The zero-order valence-electron chi connectivity index (χ0n) is 12.6. The minimum atomic E-state index is -0.000370. The van der Waals surface area contributed by atoms with Gasteiger partial charge in [-0.1, -0.05) is 83.0 Å². The van der Waals surface area contributed by atoms with Crippen LogP contribution in [-0.2, 0) is 10.2 Å². The van der Waals surface area contributed by atoms with Crippen LogP contribution in [-0.4, -0.2) is 17.5 Å². The molecule has 2 aliphatic rings. The monoisotopic (exact) mass is 356 g/mol. The van der Waals surface area contributed by atoms with Crippen molar-refractivity contribution >= 4 is 15.9 Å². The lowest BCUT2D eigenvalue weighted by Crippen LogP contribution is -2.42. The van der Waals surface area contributed by atoms with Crippen molar-refractivity contribution in [3.05, 3.63) is 71.8 Å². The van der Waals surface area contributed by atoms with E-state index in [9.17, 15) is 0 Å². The summed E-state index contributed by atoms with van der Waals surface area (Å²) in [4.78, 5) is 0.487. The first kappa shape index (κ1) is 14.5. The van der Waals surface area contributed by atoms with E-state index in [0.717, 1.165) is 6.61 Å². The lowest BCUT2D eigenvalue weighted by Gasteiger charge is -2.40. The van der Waals surface area contributed by atoms with Crippen molar-refractivity contribution in [1.82, 2.24) is 0 Å². The first-order chi connectivity index (χ1) is 10.8. The lowest BCUT2D eigenvalue weighted by atomic mass is 9.63. The van der Waals surface area contributed by atoms with Crippen molar-refractivity contribution in [3.63, 3.8) is 0 Å². The van der Waals surface area contributed by atoms with E-state index in [1.165, 1.54) is 30.4 Å². The minimum Gasteiger partial charge on any atom is -0.375 e. The van der Waals surface area contributed by atoms with Crippen LogP contribution in [0.1, 0.15) is 30.4 Å². The van der Waals surface area contributed by atoms with Crippen molar-refractivity contribution in [1.29, 1.82) is 0 Å². The molecular weight excluding hydrogens is 336 g/mol. The molecular formula is C20H21BrO. The topological polar surface area (TPSA) is 9.23 Å². The molecule has 0 spiro atoms. The Hall–Kier alpha value is -1.12. The van der Waals surface area contributed by atoms with Gasteiger partial charge in [-0.15, -0.1) is 0 Å². The van der Waals surface area contributed by atoms with Crippen molar-refractivity contribution in [2.75, 3.05) is 6.61 Å². The second-order valence-corrected chi connectivity index (χ2v) is 7.71. The molecule has 2 aromatic rings. The van der Waals surface area contributed by atoms with E-state index in [4.69, 9.17) is 4.74 Å². The number of ether oxygens (including phenoxy) is 1. The van der Waals surface area contributed by atoms with Crippen LogP contribution >= 0.6 is 15.9 Å². The molecule has 1 aliphatic heterocycles. The third-order valence-corrected chi connectivity index (χ3v) is 6.44. The molecule has 0 bridgehead atoms. The number of fused-ring (bicyclic) bond motifs is 1. The second kappa shape index (κ2) is 5.82. The van der Waals surface area contributed by atoms with Gasteiger partial charge in [-0.25, -0.2) is 0 Å². The summed E-state index contributed by atoms with van der Waals surface area (Å²) in [7, 11) is 0. The van der Waals surface area contributed by atoms with Crippen molar-refractivity contribution in [3.8, 4) is 0 Å². The Labute approximate surface area is 140 Å². The molecule has 0 radical (unpaired) electrons. The van der Waals surface area contributed by atoms with Gasteiger partial charge in [0.05, 0.1) is 12.7 Å². The molecule has 0 N–H and O–H groups in total. The van der Waals surface area contributed by atoms with Crippen LogP contribution in [0, 0.1) is 5.92 Å². The number of halogens is 1. The largest absolute Gasteiger partial charge is 0.375 e. The number of hydrogen-bond acceptors (Lipinski definition) is 1. The molecule has 2 heteroatoms. The first-order valence-corrected chi connectivity index (χ1v) is 9.11. The highest BCUT2D eigenvalue weighted by Gasteiger charge is 2.54.